The van der Waals surface area contributed by atoms with Crippen LogP contribution in [0.1, 0.15) is 203 Å². The molecule has 10 atom stereocenters. The number of hydrogen-bond acceptors (Lipinski definition) is 5. The largest absolute Gasteiger partial charge is 0.379 e. The zero-order chi connectivity index (χ0) is 44.0. The first-order valence-corrected chi connectivity index (χ1v) is 27.2. The smallest absolute Gasteiger partial charge is 0.0936 e. The number of nitrogens with zero attached hydrogens (tertiary/aromatic N) is 1. The van der Waals surface area contributed by atoms with Crippen molar-refractivity contribution in [2.45, 2.75) is 215 Å². The van der Waals surface area contributed by atoms with Crippen LogP contribution in [-0.2, 0) is 18.9 Å². The van der Waals surface area contributed by atoms with E-state index in [1.807, 2.05) is 0 Å². The van der Waals surface area contributed by atoms with E-state index in [0.717, 1.165) is 73.8 Å². The molecule has 5 aliphatic rings. The number of ether oxygens (including phenoxy) is 4. The third-order valence-electron chi connectivity index (χ3n) is 17.2. The normalized spacial score (nSPS) is 31.2. The quantitative estimate of drug-likeness (QED) is 0.0498. The fourth-order valence-electron chi connectivity index (χ4n) is 13.5. The minimum atomic E-state index is 0.112. The molecule has 4 fully saturated rings. The highest BCUT2D eigenvalue weighted by molar-refractivity contribution is 5.25. The molecule has 0 N–H and O–H groups in total. The van der Waals surface area contributed by atoms with Gasteiger partial charge in [-0.3, -0.25) is 0 Å². The van der Waals surface area contributed by atoms with Gasteiger partial charge < -0.3 is 23.8 Å². The van der Waals surface area contributed by atoms with E-state index in [0.29, 0.717) is 50.0 Å². The molecule has 4 aliphatic carbocycles. The van der Waals surface area contributed by atoms with Crippen LogP contribution < -0.4 is 0 Å². The van der Waals surface area contributed by atoms with E-state index in [4.69, 9.17) is 18.9 Å². The Bertz CT molecular complexity index is 1290. The van der Waals surface area contributed by atoms with Gasteiger partial charge >= 0.3 is 0 Å². The summed E-state index contributed by atoms with van der Waals surface area (Å²) in [4.78, 5) is 2.57. The van der Waals surface area contributed by atoms with Crippen molar-refractivity contribution < 1.29 is 18.9 Å². The second kappa shape index (κ2) is 28.3. The lowest BCUT2D eigenvalue weighted by molar-refractivity contribution is -0.0731. The second-order valence-electron chi connectivity index (χ2n) is 22.4. The molecule has 0 radical (unpaired) electrons. The molecule has 3 saturated carbocycles. The van der Waals surface area contributed by atoms with E-state index in [-0.39, 0.29) is 6.10 Å². The zero-order valence-electron chi connectivity index (χ0n) is 42.0. The summed E-state index contributed by atoms with van der Waals surface area (Å²) in [7, 11) is 0. The average Bonchev–Trinajstić information content (AvgIpc) is 3.84. The summed E-state index contributed by atoms with van der Waals surface area (Å²) in [5, 5.41) is 0. The van der Waals surface area contributed by atoms with Crippen LogP contribution in [0.3, 0.4) is 0 Å². The fraction of sp³-hybridized carbons (Fsp3) is 0.895. The molecule has 4 unspecified atom stereocenters. The summed E-state index contributed by atoms with van der Waals surface area (Å²) in [6.07, 6.45) is 44.2. The number of fused-ring (bicyclic) bond motifs is 5. The molecular weight excluding hydrogens is 763 g/mol. The van der Waals surface area contributed by atoms with Crippen molar-refractivity contribution in [2.75, 3.05) is 59.3 Å². The van der Waals surface area contributed by atoms with E-state index in [1.54, 1.807) is 5.57 Å². The van der Waals surface area contributed by atoms with Crippen molar-refractivity contribution in [3.63, 3.8) is 0 Å². The number of likely N-dealkylation sites (tertiary alicyclic amines) is 1. The molecular formula is C57H101NO4. The molecule has 0 amide bonds. The number of rotatable bonds is 32. The minimum Gasteiger partial charge on any atom is -0.379 e. The van der Waals surface area contributed by atoms with E-state index in [1.165, 1.54) is 148 Å². The van der Waals surface area contributed by atoms with Crippen molar-refractivity contribution in [3.05, 3.63) is 36.0 Å². The van der Waals surface area contributed by atoms with Gasteiger partial charge in [0.25, 0.3) is 0 Å². The van der Waals surface area contributed by atoms with Crippen molar-refractivity contribution in [1.29, 1.82) is 0 Å². The van der Waals surface area contributed by atoms with Crippen LogP contribution in [0.2, 0.25) is 0 Å². The zero-order valence-corrected chi connectivity index (χ0v) is 42.0. The molecule has 1 heterocycles. The van der Waals surface area contributed by atoms with Gasteiger partial charge in [-0.05, 0) is 155 Å². The minimum absolute atomic E-state index is 0.112. The van der Waals surface area contributed by atoms with Crippen molar-refractivity contribution in [1.82, 2.24) is 4.90 Å². The van der Waals surface area contributed by atoms with E-state index >= 15 is 0 Å². The Morgan fingerprint density at radius 2 is 1.50 bits per heavy atom. The molecule has 5 nitrogen and oxygen atoms in total. The van der Waals surface area contributed by atoms with E-state index in [2.05, 4.69) is 83.7 Å². The molecule has 0 spiro atoms. The Kier molecular flexibility index (Phi) is 23.7. The van der Waals surface area contributed by atoms with Gasteiger partial charge in [0, 0.05) is 19.7 Å². The maximum Gasteiger partial charge on any atom is 0.0936 e. The number of allylic oxidation sites excluding steroid dienone is 5. The average molecular weight is 864 g/mol. The summed E-state index contributed by atoms with van der Waals surface area (Å²) < 4.78 is 25.2. The predicted molar refractivity (Wildman–Crippen MR) is 264 cm³/mol. The summed E-state index contributed by atoms with van der Waals surface area (Å²) in [6.45, 7) is 24.8. The monoisotopic (exact) mass is 864 g/mol. The fourth-order valence-corrected chi connectivity index (χ4v) is 13.5. The third kappa shape index (κ3) is 16.4. The van der Waals surface area contributed by atoms with Gasteiger partial charge in [0.05, 0.1) is 45.2 Å². The summed E-state index contributed by atoms with van der Waals surface area (Å²) >= 11 is 0. The summed E-state index contributed by atoms with van der Waals surface area (Å²) in [5.41, 5.74) is 2.68. The summed E-state index contributed by atoms with van der Waals surface area (Å²) in [6, 6.07) is 0. The maximum absolute atomic E-state index is 6.52. The SMILES string of the molecule is CCCCC/C=C\C/C=C\CCCCCCCCOCC(CN1CC[C@@H](C)C1)OCCOCCO[C@H]1CC[C@@]2(C)C(=CCC3C2CC[C@@]2(C)C3CC[C@@H]2[C@H](C)CCCC(C)C)C1. The van der Waals surface area contributed by atoms with Crippen LogP contribution in [0, 0.1) is 52.3 Å². The van der Waals surface area contributed by atoms with Crippen molar-refractivity contribution >= 4 is 0 Å². The highest BCUT2D eigenvalue weighted by atomic mass is 16.6. The maximum atomic E-state index is 6.52. The second-order valence-corrected chi connectivity index (χ2v) is 22.4. The molecule has 0 aromatic rings. The van der Waals surface area contributed by atoms with Crippen LogP contribution >= 0.6 is 0 Å². The number of hydrogen-bond donors (Lipinski definition) is 0. The van der Waals surface area contributed by atoms with Crippen LogP contribution in [0.15, 0.2) is 36.0 Å². The molecule has 5 heteroatoms. The Morgan fingerprint density at radius 1 is 0.742 bits per heavy atom. The predicted octanol–water partition coefficient (Wildman–Crippen LogP) is 15.0. The molecule has 358 valence electrons. The first-order chi connectivity index (χ1) is 30.1. The standard InChI is InChI=1S/C57H101NO4/c1-8-9-10-11-12-13-14-15-16-17-18-19-20-21-22-23-37-60-45-51(44-58-36-33-47(4)43-58)62-41-39-59-38-40-61-50-31-34-56(6)49(42-50)27-28-52-54-30-29-53(48(5)26-24-25-46(2)3)57(54,7)35-32-55(52)56/h12-13,15-16,27,46-48,50-55H,8-11,14,17-26,28-45H2,1-7H3/b13-12-,16-15-/t47-,48-,50+,51?,52?,53-,54?,55?,56+,57-/m1/s1. The Balaban J connectivity index is 0.912. The van der Waals surface area contributed by atoms with Crippen molar-refractivity contribution in [2.24, 2.45) is 52.3 Å². The van der Waals surface area contributed by atoms with E-state index in [9.17, 15) is 0 Å². The lowest BCUT2D eigenvalue weighted by Gasteiger charge is -2.58. The van der Waals surface area contributed by atoms with Gasteiger partial charge in [-0.15, -0.1) is 0 Å². The molecule has 0 bridgehead atoms. The summed E-state index contributed by atoms with van der Waals surface area (Å²) in [5.74, 6) is 6.15. The highest BCUT2D eigenvalue weighted by Gasteiger charge is 2.59. The van der Waals surface area contributed by atoms with Crippen LogP contribution in [0.4, 0.5) is 0 Å². The lowest BCUT2D eigenvalue weighted by atomic mass is 9.47. The highest BCUT2D eigenvalue weighted by Crippen LogP contribution is 2.67. The van der Waals surface area contributed by atoms with E-state index < -0.39 is 0 Å². The number of unbranched alkanes of at least 4 members (excludes halogenated alkanes) is 9. The topological polar surface area (TPSA) is 40.2 Å². The van der Waals surface area contributed by atoms with Gasteiger partial charge in [0.1, 0.15) is 0 Å². The first kappa shape index (κ1) is 52.0. The Hall–Kier alpha value is -0.980. The van der Waals surface area contributed by atoms with Gasteiger partial charge in [-0.25, -0.2) is 0 Å². The Morgan fingerprint density at radius 3 is 2.26 bits per heavy atom. The Labute approximate surface area is 384 Å². The van der Waals surface area contributed by atoms with Gasteiger partial charge in [0.15, 0.2) is 0 Å². The van der Waals surface area contributed by atoms with Gasteiger partial charge in [0.2, 0.25) is 0 Å². The van der Waals surface area contributed by atoms with Gasteiger partial charge in [-0.2, -0.15) is 0 Å². The van der Waals surface area contributed by atoms with Crippen LogP contribution in [0.25, 0.3) is 0 Å². The van der Waals surface area contributed by atoms with Crippen molar-refractivity contribution in [3.8, 4) is 0 Å². The molecule has 1 aliphatic heterocycles. The lowest BCUT2D eigenvalue weighted by Crippen LogP contribution is -2.51. The van der Waals surface area contributed by atoms with Crippen LogP contribution in [-0.4, -0.2) is 76.4 Å². The molecule has 62 heavy (non-hydrogen) atoms. The molecule has 0 aromatic heterocycles. The molecule has 1 saturated heterocycles. The molecule has 5 rings (SSSR count). The van der Waals surface area contributed by atoms with Crippen LogP contribution in [0.5, 0.6) is 0 Å². The first-order valence-electron chi connectivity index (χ1n) is 27.2. The third-order valence-corrected chi connectivity index (χ3v) is 17.2. The van der Waals surface area contributed by atoms with Gasteiger partial charge in [-0.1, -0.05) is 142 Å². The molecule has 0 aromatic carbocycles.